The zero-order valence-electron chi connectivity index (χ0n) is 12.8. The van der Waals surface area contributed by atoms with E-state index < -0.39 is 0 Å². The van der Waals surface area contributed by atoms with E-state index in [1.165, 1.54) is 6.07 Å². The summed E-state index contributed by atoms with van der Waals surface area (Å²) in [5.41, 5.74) is 7.11. The Bertz CT molecular complexity index is 504. The second-order valence-electron chi connectivity index (χ2n) is 5.01. The summed E-state index contributed by atoms with van der Waals surface area (Å²) in [6.45, 7) is 4.18. The fraction of sp³-hybridized carbons (Fsp3) is 0.533. The number of rotatable bonds is 6. The number of nitrogens with two attached hydrogens (primary N) is 1. The number of halogens is 1. The number of hydrogen-bond donors (Lipinski definition) is 2. The first-order valence-corrected chi connectivity index (χ1v) is 7.34. The third-order valence-electron chi connectivity index (χ3n) is 3.41. The smallest absolute Gasteiger partial charge is 0.188 e. The van der Waals surface area contributed by atoms with E-state index in [4.69, 9.17) is 15.2 Å². The van der Waals surface area contributed by atoms with Gasteiger partial charge in [0.1, 0.15) is 5.82 Å². The third-order valence-corrected chi connectivity index (χ3v) is 3.41. The molecule has 0 atom stereocenters. The standard InChI is InChI=1S/C15H23FN4O2/c1-21-7-4-18-15(17)19-11-12-2-3-14(13(16)10-12)20-5-8-22-9-6-20/h2-3,10H,4-9,11H2,1H3,(H3,17,18,19). The van der Waals surface area contributed by atoms with Gasteiger partial charge in [0.15, 0.2) is 5.96 Å². The third kappa shape index (κ3) is 4.85. The molecule has 1 fully saturated rings. The molecule has 0 aliphatic carbocycles. The lowest BCUT2D eigenvalue weighted by molar-refractivity contribution is 0.122. The predicted molar refractivity (Wildman–Crippen MR) is 84.6 cm³/mol. The number of aliphatic imine (C=N–C) groups is 1. The van der Waals surface area contributed by atoms with Gasteiger partial charge in [0.05, 0.1) is 32.1 Å². The van der Waals surface area contributed by atoms with Gasteiger partial charge in [0.2, 0.25) is 0 Å². The molecule has 1 aromatic rings. The van der Waals surface area contributed by atoms with E-state index >= 15 is 0 Å². The Hall–Kier alpha value is -1.86. The van der Waals surface area contributed by atoms with Gasteiger partial charge in [-0.3, -0.25) is 0 Å². The second-order valence-corrected chi connectivity index (χ2v) is 5.01. The molecular formula is C15H23FN4O2. The van der Waals surface area contributed by atoms with Crippen LogP contribution in [0.1, 0.15) is 5.56 Å². The van der Waals surface area contributed by atoms with Gasteiger partial charge in [0, 0.05) is 26.7 Å². The maximum Gasteiger partial charge on any atom is 0.188 e. The topological polar surface area (TPSA) is 72.1 Å². The van der Waals surface area contributed by atoms with Crippen molar-refractivity contribution >= 4 is 11.6 Å². The van der Waals surface area contributed by atoms with Gasteiger partial charge >= 0.3 is 0 Å². The number of nitrogens with zero attached hydrogens (tertiary/aromatic N) is 2. The summed E-state index contributed by atoms with van der Waals surface area (Å²) in [6, 6.07) is 5.18. The minimum Gasteiger partial charge on any atom is -0.383 e. The van der Waals surface area contributed by atoms with Crippen molar-refractivity contribution in [2.75, 3.05) is 51.5 Å². The van der Waals surface area contributed by atoms with Crippen molar-refractivity contribution in [2.45, 2.75) is 6.54 Å². The number of morpholine rings is 1. The summed E-state index contributed by atoms with van der Waals surface area (Å²) in [4.78, 5) is 6.17. The number of nitrogens with one attached hydrogen (secondary N) is 1. The molecule has 1 aromatic carbocycles. The van der Waals surface area contributed by atoms with Gasteiger partial charge in [0.25, 0.3) is 0 Å². The van der Waals surface area contributed by atoms with Gasteiger partial charge in [-0.15, -0.1) is 0 Å². The zero-order valence-corrected chi connectivity index (χ0v) is 12.8. The number of hydrogen-bond acceptors (Lipinski definition) is 4. The van der Waals surface area contributed by atoms with Gasteiger partial charge in [-0.25, -0.2) is 9.38 Å². The number of guanidine groups is 1. The molecule has 0 unspecified atom stereocenters. The van der Waals surface area contributed by atoms with Crippen LogP contribution in [-0.2, 0) is 16.0 Å². The highest BCUT2D eigenvalue weighted by Crippen LogP contribution is 2.21. The van der Waals surface area contributed by atoms with Gasteiger partial charge in [-0.2, -0.15) is 0 Å². The number of benzene rings is 1. The first-order valence-electron chi connectivity index (χ1n) is 7.34. The van der Waals surface area contributed by atoms with Crippen molar-refractivity contribution in [3.8, 4) is 0 Å². The Labute approximate surface area is 130 Å². The molecule has 2 rings (SSSR count). The van der Waals surface area contributed by atoms with Crippen LogP contribution in [0.4, 0.5) is 10.1 Å². The van der Waals surface area contributed by atoms with Crippen LogP contribution in [0.5, 0.6) is 0 Å². The minimum absolute atomic E-state index is 0.236. The fourth-order valence-corrected chi connectivity index (χ4v) is 2.22. The molecule has 7 heteroatoms. The fourth-order valence-electron chi connectivity index (χ4n) is 2.22. The Morgan fingerprint density at radius 2 is 2.23 bits per heavy atom. The molecule has 122 valence electrons. The maximum atomic E-state index is 14.2. The average Bonchev–Trinajstić information content (AvgIpc) is 2.54. The van der Waals surface area contributed by atoms with E-state index in [-0.39, 0.29) is 5.82 Å². The lowest BCUT2D eigenvalue weighted by atomic mass is 10.1. The van der Waals surface area contributed by atoms with E-state index in [1.807, 2.05) is 11.0 Å². The highest BCUT2D eigenvalue weighted by Gasteiger charge is 2.15. The molecule has 1 aliphatic heterocycles. The van der Waals surface area contributed by atoms with E-state index in [0.717, 1.165) is 5.56 Å². The molecule has 0 amide bonds. The molecule has 3 N–H and O–H groups in total. The lowest BCUT2D eigenvalue weighted by Crippen LogP contribution is -2.36. The van der Waals surface area contributed by atoms with Crippen molar-refractivity contribution < 1.29 is 13.9 Å². The maximum absolute atomic E-state index is 14.2. The summed E-state index contributed by atoms with van der Waals surface area (Å²) in [6.07, 6.45) is 0. The van der Waals surface area contributed by atoms with E-state index in [9.17, 15) is 4.39 Å². The molecule has 0 aromatic heterocycles. The molecular weight excluding hydrogens is 287 g/mol. The van der Waals surface area contributed by atoms with Gasteiger partial charge in [-0.05, 0) is 17.7 Å². The normalized spacial score (nSPS) is 15.9. The Kier molecular flexibility index (Phi) is 6.42. The van der Waals surface area contributed by atoms with E-state index in [1.54, 1.807) is 13.2 Å². The van der Waals surface area contributed by atoms with Crippen molar-refractivity contribution in [3.05, 3.63) is 29.6 Å². The molecule has 22 heavy (non-hydrogen) atoms. The van der Waals surface area contributed by atoms with Crippen LogP contribution in [0.3, 0.4) is 0 Å². The second kappa shape index (κ2) is 8.55. The summed E-state index contributed by atoms with van der Waals surface area (Å²) < 4.78 is 24.4. The van der Waals surface area contributed by atoms with Crippen LogP contribution in [0.2, 0.25) is 0 Å². The largest absolute Gasteiger partial charge is 0.383 e. The summed E-state index contributed by atoms with van der Waals surface area (Å²) in [5, 5.41) is 2.92. The molecule has 6 nitrogen and oxygen atoms in total. The van der Waals surface area contributed by atoms with Crippen LogP contribution >= 0.6 is 0 Å². The average molecular weight is 310 g/mol. The first kappa shape index (κ1) is 16.5. The molecule has 0 bridgehead atoms. The monoisotopic (exact) mass is 310 g/mol. The molecule has 1 saturated heterocycles. The Morgan fingerprint density at radius 1 is 1.45 bits per heavy atom. The van der Waals surface area contributed by atoms with Crippen molar-refractivity contribution in [3.63, 3.8) is 0 Å². The van der Waals surface area contributed by atoms with Gasteiger partial charge in [-0.1, -0.05) is 6.07 Å². The quantitative estimate of drug-likeness (QED) is 0.460. The first-order chi connectivity index (χ1) is 10.7. The summed E-state index contributed by atoms with van der Waals surface area (Å²) in [5.74, 6) is 0.0928. The zero-order chi connectivity index (χ0) is 15.8. The van der Waals surface area contributed by atoms with Gasteiger partial charge < -0.3 is 25.4 Å². The van der Waals surface area contributed by atoms with Crippen LogP contribution in [-0.4, -0.2) is 52.5 Å². The summed E-state index contributed by atoms with van der Waals surface area (Å²) >= 11 is 0. The van der Waals surface area contributed by atoms with Crippen molar-refractivity contribution in [2.24, 2.45) is 10.7 Å². The van der Waals surface area contributed by atoms with Crippen LogP contribution < -0.4 is 16.0 Å². The highest BCUT2D eigenvalue weighted by molar-refractivity contribution is 5.77. The van der Waals surface area contributed by atoms with E-state index in [2.05, 4.69) is 10.3 Å². The van der Waals surface area contributed by atoms with Crippen molar-refractivity contribution in [1.29, 1.82) is 0 Å². The molecule has 1 heterocycles. The number of methoxy groups -OCH3 is 1. The summed E-state index contributed by atoms with van der Waals surface area (Å²) in [7, 11) is 1.62. The molecule has 0 saturated carbocycles. The van der Waals surface area contributed by atoms with Crippen LogP contribution in [0, 0.1) is 5.82 Å². The molecule has 0 radical (unpaired) electrons. The Balaban J connectivity index is 1.92. The van der Waals surface area contributed by atoms with Crippen LogP contribution in [0.25, 0.3) is 0 Å². The Morgan fingerprint density at radius 3 is 2.91 bits per heavy atom. The number of ether oxygens (including phenoxy) is 2. The van der Waals surface area contributed by atoms with Crippen LogP contribution in [0.15, 0.2) is 23.2 Å². The SMILES string of the molecule is COCCNC(N)=NCc1ccc(N2CCOCC2)c(F)c1. The molecule has 0 spiro atoms. The predicted octanol–water partition coefficient (Wildman–Crippen LogP) is 0.713. The highest BCUT2D eigenvalue weighted by atomic mass is 19.1. The lowest BCUT2D eigenvalue weighted by Gasteiger charge is -2.29. The molecule has 1 aliphatic rings. The number of anilines is 1. The minimum atomic E-state index is -0.236. The van der Waals surface area contributed by atoms with E-state index in [0.29, 0.717) is 57.6 Å². The van der Waals surface area contributed by atoms with Crippen molar-refractivity contribution in [1.82, 2.24) is 5.32 Å².